The zero-order chi connectivity index (χ0) is 26.9. The lowest BCUT2D eigenvalue weighted by Gasteiger charge is -2.36. The Morgan fingerprint density at radius 3 is 2.00 bits per heavy atom. The molecular weight excluding hydrogens is 530 g/mol. The number of rotatable bonds is 3. The second-order valence-corrected chi connectivity index (χ2v) is 11.2. The smallest absolute Gasteiger partial charge is 0.442 e. The van der Waals surface area contributed by atoms with E-state index in [1.807, 2.05) is 6.07 Å². The fourth-order valence-corrected chi connectivity index (χ4v) is 3.65. The average Bonchev–Trinajstić information content (AvgIpc) is 3.02. The van der Waals surface area contributed by atoms with Crippen LogP contribution in [-0.4, -0.2) is 45.7 Å². The third-order valence-electron chi connectivity index (χ3n) is 4.91. The topological polar surface area (TPSA) is 97.7 Å². The van der Waals surface area contributed by atoms with E-state index in [1.165, 1.54) is 11.9 Å². The Hall–Kier alpha value is -3.40. The molecule has 10 heteroatoms. The van der Waals surface area contributed by atoms with Crippen molar-refractivity contribution in [2.45, 2.75) is 65.2 Å². The van der Waals surface area contributed by atoms with E-state index in [4.69, 9.17) is 14.3 Å². The van der Waals surface area contributed by atoms with Crippen molar-refractivity contribution in [2.75, 3.05) is 5.01 Å². The van der Waals surface area contributed by atoms with E-state index in [-0.39, 0.29) is 5.71 Å². The fraction of sp³-hybridized carbons (Fsp3) is 0.385. The van der Waals surface area contributed by atoms with E-state index in [0.29, 0.717) is 16.3 Å². The minimum atomic E-state index is -1.88. The zero-order valence-corrected chi connectivity index (χ0v) is 23.0. The molecule has 0 saturated carbocycles. The molecule has 1 unspecified atom stereocenters. The van der Waals surface area contributed by atoms with E-state index >= 15 is 0 Å². The molecule has 36 heavy (non-hydrogen) atoms. The third-order valence-corrected chi connectivity index (χ3v) is 5.44. The van der Waals surface area contributed by atoms with Crippen molar-refractivity contribution >= 4 is 45.5 Å². The first-order valence-electron chi connectivity index (χ1n) is 11.3. The predicted molar refractivity (Wildman–Crippen MR) is 138 cm³/mol. The number of anilines is 1. The van der Waals surface area contributed by atoms with Crippen LogP contribution in [0.3, 0.4) is 0 Å². The van der Waals surface area contributed by atoms with Crippen LogP contribution in [0.15, 0.2) is 64.2 Å². The van der Waals surface area contributed by atoms with Gasteiger partial charge in [-0.1, -0.05) is 46.3 Å². The Bertz CT molecular complexity index is 1170. The summed E-state index contributed by atoms with van der Waals surface area (Å²) in [6.07, 6.45) is -2.22. The summed E-state index contributed by atoms with van der Waals surface area (Å²) in [4.78, 5) is 45.5. The van der Waals surface area contributed by atoms with Crippen LogP contribution in [0.25, 0.3) is 0 Å². The van der Waals surface area contributed by atoms with Gasteiger partial charge in [0.1, 0.15) is 16.9 Å². The van der Waals surface area contributed by atoms with Crippen LogP contribution in [0, 0.1) is 0 Å². The van der Waals surface area contributed by atoms with Gasteiger partial charge in [-0.05, 0) is 72.7 Å². The summed E-state index contributed by atoms with van der Waals surface area (Å²) < 4.78 is 11.6. The highest BCUT2D eigenvalue weighted by atomic mass is 79.9. The molecule has 0 saturated heterocycles. The van der Waals surface area contributed by atoms with Crippen LogP contribution in [0.4, 0.5) is 15.3 Å². The Labute approximate surface area is 219 Å². The van der Waals surface area contributed by atoms with E-state index in [1.54, 1.807) is 90.1 Å². The molecule has 1 aliphatic rings. The maximum Gasteiger partial charge on any atom is 0.534 e. The third kappa shape index (κ3) is 6.04. The number of benzene rings is 2. The Balaban J connectivity index is 2.15. The molecule has 3 rings (SSSR count). The second-order valence-electron chi connectivity index (χ2n) is 10.3. The van der Waals surface area contributed by atoms with Gasteiger partial charge in [0.05, 0.1) is 5.69 Å². The van der Waals surface area contributed by atoms with Gasteiger partial charge >= 0.3 is 12.2 Å². The number of ether oxygens (including phenoxy) is 2. The number of amides is 2. The molecule has 0 aliphatic carbocycles. The van der Waals surface area contributed by atoms with Crippen molar-refractivity contribution in [2.24, 2.45) is 5.10 Å². The fourth-order valence-electron chi connectivity index (χ4n) is 3.38. The summed E-state index contributed by atoms with van der Waals surface area (Å²) >= 11 is 3.38. The van der Waals surface area contributed by atoms with Gasteiger partial charge in [-0.3, -0.25) is 9.63 Å². The minimum absolute atomic E-state index is 0.186. The molecule has 0 bridgehead atoms. The molecule has 192 valence electrons. The standard InChI is InChI=1S/C26H30BrN3O6/c1-24(2,3)34-22(32)30(36-23(33)35-25(4,5)6)26(7)20(17-11-9-8-10-12-17)28-29(21(26)31)19-15-13-18(27)14-16-19/h8-16H,1-7H3. The number of halogens is 1. The van der Waals surface area contributed by atoms with E-state index < -0.39 is 34.9 Å². The van der Waals surface area contributed by atoms with E-state index in [0.717, 1.165) is 4.47 Å². The number of nitrogens with zero attached hydrogens (tertiary/aromatic N) is 3. The van der Waals surface area contributed by atoms with Gasteiger partial charge in [0, 0.05) is 10.0 Å². The highest BCUT2D eigenvalue weighted by molar-refractivity contribution is 9.10. The van der Waals surface area contributed by atoms with Gasteiger partial charge in [-0.2, -0.15) is 10.1 Å². The van der Waals surface area contributed by atoms with Crippen LogP contribution in [-0.2, 0) is 19.1 Å². The van der Waals surface area contributed by atoms with Crippen molar-refractivity contribution < 1.29 is 28.7 Å². The molecule has 0 radical (unpaired) electrons. The van der Waals surface area contributed by atoms with Gasteiger partial charge < -0.3 is 9.47 Å². The molecule has 2 aromatic carbocycles. The lowest BCUT2D eigenvalue weighted by atomic mass is 9.90. The quantitative estimate of drug-likeness (QED) is 0.334. The molecule has 1 heterocycles. The highest BCUT2D eigenvalue weighted by Gasteiger charge is 2.58. The molecule has 9 nitrogen and oxygen atoms in total. The van der Waals surface area contributed by atoms with E-state index in [2.05, 4.69) is 21.0 Å². The van der Waals surface area contributed by atoms with Crippen LogP contribution < -0.4 is 5.01 Å². The van der Waals surface area contributed by atoms with Crippen molar-refractivity contribution in [3.8, 4) is 0 Å². The number of hydrogen-bond acceptors (Lipinski definition) is 7. The molecular formula is C26H30BrN3O6. The minimum Gasteiger partial charge on any atom is -0.442 e. The Morgan fingerprint density at radius 1 is 0.917 bits per heavy atom. The maximum absolute atomic E-state index is 14.0. The summed E-state index contributed by atoms with van der Waals surface area (Å²) in [6, 6.07) is 15.8. The molecule has 1 aliphatic heterocycles. The van der Waals surface area contributed by atoms with Crippen molar-refractivity contribution in [3.05, 3.63) is 64.6 Å². The van der Waals surface area contributed by atoms with Gasteiger partial charge in [0.2, 0.25) is 5.54 Å². The number of hydroxylamine groups is 2. The second kappa shape index (κ2) is 9.93. The van der Waals surface area contributed by atoms with Crippen LogP contribution in [0.5, 0.6) is 0 Å². The van der Waals surface area contributed by atoms with Crippen molar-refractivity contribution in [1.82, 2.24) is 5.06 Å². The molecule has 0 spiro atoms. The summed E-state index contributed by atoms with van der Waals surface area (Å²) in [5.74, 6) is -0.627. The zero-order valence-electron chi connectivity index (χ0n) is 21.4. The lowest BCUT2D eigenvalue weighted by Crippen LogP contribution is -2.61. The Morgan fingerprint density at radius 2 is 1.47 bits per heavy atom. The first kappa shape index (κ1) is 27.2. The van der Waals surface area contributed by atoms with E-state index in [9.17, 15) is 14.4 Å². The molecule has 2 aromatic rings. The van der Waals surface area contributed by atoms with Crippen molar-refractivity contribution in [3.63, 3.8) is 0 Å². The van der Waals surface area contributed by atoms with Gasteiger partial charge in [0.25, 0.3) is 5.91 Å². The first-order chi connectivity index (χ1) is 16.6. The number of hydrogen-bond donors (Lipinski definition) is 0. The van der Waals surface area contributed by atoms with Crippen LogP contribution in [0.2, 0.25) is 0 Å². The highest BCUT2D eigenvalue weighted by Crippen LogP contribution is 2.35. The van der Waals surface area contributed by atoms with Gasteiger partial charge in [-0.25, -0.2) is 9.59 Å². The first-order valence-corrected chi connectivity index (χ1v) is 12.1. The number of carbonyl (C=O) groups excluding carboxylic acids is 3. The molecule has 0 fully saturated rings. The molecule has 0 aromatic heterocycles. The summed E-state index contributed by atoms with van der Waals surface area (Å²) in [5.41, 5.74) is -2.54. The maximum atomic E-state index is 14.0. The monoisotopic (exact) mass is 559 g/mol. The van der Waals surface area contributed by atoms with Gasteiger partial charge in [-0.15, -0.1) is 5.06 Å². The summed E-state index contributed by atoms with van der Waals surface area (Å²) in [5, 5.41) is 6.36. The number of hydrazone groups is 1. The normalized spacial score (nSPS) is 17.9. The average molecular weight is 560 g/mol. The SMILES string of the molecule is CC(C)(C)OC(=O)ON(C(=O)OC(C)(C)C)C1(C)C(=O)N(c2ccc(Br)cc2)N=C1c1ccccc1. The molecule has 2 amide bonds. The lowest BCUT2D eigenvalue weighted by molar-refractivity contribution is -0.171. The molecule has 0 N–H and O–H groups in total. The number of carbonyl (C=O) groups is 3. The van der Waals surface area contributed by atoms with Crippen LogP contribution in [0.1, 0.15) is 54.0 Å². The summed E-state index contributed by atoms with van der Waals surface area (Å²) in [7, 11) is 0. The van der Waals surface area contributed by atoms with Gasteiger partial charge in [0.15, 0.2) is 0 Å². The Kier molecular flexibility index (Phi) is 7.50. The summed E-state index contributed by atoms with van der Waals surface area (Å²) in [6.45, 7) is 11.4. The van der Waals surface area contributed by atoms with Crippen LogP contribution >= 0.6 is 15.9 Å². The largest absolute Gasteiger partial charge is 0.534 e. The molecule has 1 atom stereocenters. The van der Waals surface area contributed by atoms with Crippen molar-refractivity contribution in [1.29, 1.82) is 0 Å². The predicted octanol–water partition coefficient (Wildman–Crippen LogP) is 6.06.